The van der Waals surface area contributed by atoms with Gasteiger partial charge in [-0.3, -0.25) is 4.90 Å². The van der Waals surface area contributed by atoms with Crippen LogP contribution >= 0.6 is 11.3 Å². The van der Waals surface area contributed by atoms with E-state index in [0.29, 0.717) is 26.2 Å². The summed E-state index contributed by atoms with van der Waals surface area (Å²) in [5.74, 6) is 0. The van der Waals surface area contributed by atoms with Crippen LogP contribution in [0, 0.1) is 6.92 Å². The smallest absolute Gasteiger partial charge is 0.282 e. The molecule has 0 atom stereocenters. The first-order valence-electron chi connectivity index (χ1n) is 7.94. The Morgan fingerprint density at radius 3 is 2.27 bits per heavy atom. The summed E-state index contributed by atoms with van der Waals surface area (Å²) in [5.41, 5.74) is 1.09. The molecule has 22 heavy (non-hydrogen) atoms. The molecule has 3 heterocycles. The highest BCUT2D eigenvalue weighted by atomic mass is 32.2. The van der Waals surface area contributed by atoms with Gasteiger partial charge in [0, 0.05) is 51.2 Å². The molecule has 1 aromatic rings. The van der Waals surface area contributed by atoms with Crippen molar-refractivity contribution >= 4 is 21.5 Å². The van der Waals surface area contributed by atoms with E-state index in [2.05, 4.69) is 15.3 Å². The molecule has 3 rings (SSSR count). The largest absolute Gasteiger partial charge is 0.295 e. The van der Waals surface area contributed by atoms with Crippen LogP contribution in [0.2, 0.25) is 0 Å². The molecule has 0 radical (unpaired) electrons. The fraction of sp³-hybridized carbons (Fsp3) is 0.786. The second-order valence-corrected chi connectivity index (χ2v) is 8.99. The van der Waals surface area contributed by atoms with Crippen LogP contribution in [0.1, 0.15) is 30.0 Å². The molecule has 0 amide bonds. The zero-order chi connectivity index (χ0) is 15.6. The van der Waals surface area contributed by atoms with E-state index in [9.17, 15) is 8.42 Å². The summed E-state index contributed by atoms with van der Waals surface area (Å²) in [5, 5.41) is 3.17. The summed E-state index contributed by atoms with van der Waals surface area (Å²) >= 11 is 1.67. The van der Waals surface area contributed by atoms with Crippen LogP contribution in [-0.4, -0.2) is 66.2 Å². The van der Waals surface area contributed by atoms with E-state index in [-0.39, 0.29) is 0 Å². The van der Waals surface area contributed by atoms with Gasteiger partial charge in [0.15, 0.2) is 0 Å². The Kier molecular flexibility index (Phi) is 5.13. The highest BCUT2D eigenvalue weighted by Crippen LogP contribution is 2.19. The van der Waals surface area contributed by atoms with Crippen molar-refractivity contribution in [2.24, 2.45) is 0 Å². The number of piperidine rings is 1. The van der Waals surface area contributed by atoms with E-state index in [1.54, 1.807) is 19.9 Å². The molecule has 2 saturated heterocycles. The number of hydrogen-bond donors (Lipinski definition) is 0. The van der Waals surface area contributed by atoms with Gasteiger partial charge in [0.05, 0.1) is 10.7 Å². The molecule has 0 saturated carbocycles. The predicted molar refractivity (Wildman–Crippen MR) is 88.0 cm³/mol. The van der Waals surface area contributed by atoms with Crippen LogP contribution < -0.4 is 0 Å². The normalized spacial score (nSPS) is 23.0. The topological polar surface area (TPSA) is 56.8 Å². The summed E-state index contributed by atoms with van der Waals surface area (Å²) in [6.07, 6.45) is 3.12. The fourth-order valence-corrected chi connectivity index (χ4v) is 5.36. The van der Waals surface area contributed by atoms with E-state index < -0.39 is 10.2 Å². The van der Waals surface area contributed by atoms with Gasteiger partial charge in [0.1, 0.15) is 0 Å². The molecule has 0 unspecified atom stereocenters. The summed E-state index contributed by atoms with van der Waals surface area (Å²) in [7, 11) is -3.25. The van der Waals surface area contributed by atoms with Crippen molar-refractivity contribution in [2.75, 3.05) is 39.3 Å². The third-order valence-electron chi connectivity index (χ3n) is 4.35. The van der Waals surface area contributed by atoms with Crippen molar-refractivity contribution in [3.8, 4) is 0 Å². The van der Waals surface area contributed by atoms with Gasteiger partial charge in [-0.2, -0.15) is 17.0 Å². The van der Waals surface area contributed by atoms with Gasteiger partial charge >= 0.3 is 0 Å². The molecule has 124 valence electrons. The number of nitrogens with zero attached hydrogens (tertiary/aromatic N) is 4. The van der Waals surface area contributed by atoms with E-state index in [1.165, 1.54) is 0 Å². The number of thiazole rings is 1. The van der Waals surface area contributed by atoms with Gasteiger partial charge in [0.2, 0.25) is 0 Å². The first-order chi connectivity index (χ1) is 10.6. The molecular formula is C14H24N4O2S2. The molecule has 1 aromatic heterocycles. The molecule has 8 heteroatoms. The van der Waals surface area contributed by atoms with Gasteiger partial charge < -0.3 is 0 Å². The van der Waals surface area contributed by atoms with Gasteiger partial charge in [0.25, 0.3) is 10.2 Å². The minimum Gasteiger partial charge on any atom is -0.295 e. The quantitative estimate of drug-likeness (QED) is 0.826. The second-order valence-electron chi connectivity index (χ2n) is 6.00. The van der Waals surface area contributed by atoms with Gasteiger partial charge in [-0.1, -0.05) is 6.42 Å². The summed E-state index contributed by atoms with van der Waals surface area (Å²) in [6, 6.07) is 0. The molecule has 0 N–H and O–H groups in total. The lowest BCUT2D eigenvalue weighted by Gasteiger charge is -2.37. The SMILES string of the molecule is Cc1nc(CN2CCN(S(=O)(=O)N3CCCCC3)CC2)cs1. The molecule has 0 bridgehead atoms. The van der Waals surface area contributed by atoms with E-state index in [4.69, 9.17) is 0 Å². The standard InChI is InChI=1S/C14H24N4O2S2/c1-13-15-14(12-21-13)11-16-7-9-18(10-8-16)22(19,20)17-5-3-2-4-6-17/h12H,2-11H2,1H3. The van der Waals surface area contributed by atoms with Crippen LogP contribution in [0.5, 0.6) is 0 Å². The molecule has 2 aliphatic rings. The van der Waals surface area contributed by atoms with Crippen LogP contribution in [-0.2, 0) is 16.8 Å². The van der Waals surface area contributed by atoms with Crippen molar-refractivity contribution in [1.29, 1.82) is 0 Å². The van der Waals surface area contributed by atoms with E-state index in [1.807, 2.05) is 6.92 Å². The Morgan fingerprint density at radius 2 is 1.68 bits per heavy atom. The minimum absolute atomic E-state index is 0.585. The van der Waals surface area contributed by atoms with Crippen molar-refractivity contribution in [2.45, 2.75) is 32.7 Å². The monoisotopic (exact) mass is 344 g/mol. The van der Waals surface area contributed by atoms with Gasteiger partial charge in [-0.25, -0.2) is 4.98 Å². The Labute approximate surface area is 136 Å². The first kappa shape index (κ1) is 16.3. The van der Waals surface area contributed by atoms with Crippen LogP contribution in [0.3, 0.4) is 0 Å². The number of piperazine rings is 1. The number of aromatic nitrogens is 1. The number of hydrogen-bond acceptors (Lipinski definition) is 5. The zero-order valence-corrected chi connectivity index (χ0v) is 14.7. The first-order valence-corrected chi connectivity index (χ1v) is 10.2. The van der Waals surface area contributed by atoms with Crippen LogP contribution in [0.4, 0.5) is 0 Å². The highest BCUT2D eigenvalue weighted by Gasteiger charge is 2.32. The molecular weight excluding hydrogens is 320 g/mol. The summed E-state index contributed by atoms with van der Waals surface area (Å²) < 4.78 is 28.6. The summed E-state index contributed by atoms with van der Waals surface area (Å²) in [4.78, 5) is 6.77. The maximum atomic E-state index is 12.6. The zero-order valence-electron chi connectivity index (χ0n) is 13.1. The predicted octanol–water partition coefficient (Wildman–Crippen LogP) is 1.30. The van der Waals surface area contributed by atoms with Crippen molar-refractivity contribution in [1.82, 2.24) is 18.5 Å². The van der Waals surface area contributed by atoms with Crippen molar-refractivity contribution in [3.05, 3.63) is 16.1 Å². The molecule has 0 aromatic carbocycles. The maximum Gasteiger partial charge on any atom is 0.282 e. The second kappa shape index (κ2) is 6.92. The van der Waals surface area contributed by atoms with E-state index >= 15 is 0 Å². The molecule has 6 nitrogen and oxygen atoms in total. The third kappa shape index (κ3) is 3.68. The van der Waals surface area contributed by atoms with Gasteiger partial charge in [-0.05, 0) is 19.8 Å². The third-order valence-corrected chi connectivity index (χ3v) is 7.21. The van der Waals surface area contributed by atoms with Crippen molar-refractivity contribution < 1.29 is 8.42 Å². The lowest BCUT2D eigenvalue weighted by Crippen LogP contribution is -2.53. The van der Waals surface area contributed by atoms with Crippen LogP contribution in [0.25, 0.3) is 0 Å². The molecule has 2 aliphatic heterocycles. The fourth-order valence-electron chi connectivity index (χ4n) is 3.09. The lowest BCUT2D eigenvalue weighted by atomic mass is 10.2. The highest BCUT2D eigenvalue weighted by molar-refractivity contribution is 7.86. The van der Waals surface area contributed by atoms with Gasteiger partial charge in [-0.15, -0.1) is 11.3 Å². The van der Waals surface area contributed by atoms with Crippen LogP contribution in [0.15, 0.2) is 5.38 Å². The molecule has 0 spiro atoms. The minimum atomic E-state index is -3.25. The Morgan fingerprint density at radius 1 is 1.05 bits per heavy atom. The maximum absolute atomic E-state index is 12.6. The Hall–Kier alpha value is -0.540. The molecule has 2 fully saturated rings. The average molecular weight is 345 g/mol. The van der Waals surface area contributed by atoms with E-state index in [0.717, 1.165) is 49.6 Å². The Balaban J connectivity index is 1.54. The average Bonchev–Trinajstić information content (AvgIpc) is 2.94. The summed E-state index contributed by atoms with van der Waals surface area (Å²) in [6.45, 7) is 6.93. The lowest BCUT2D eigenvalue weighted by molar-refractivity contribution is 0.171. The van der Waals surface area contributed by atoms with Crippen molar-refractivity contribution in [3.63, 3.8) is 0 Å². The number of rotatable bonds is 4. The number of aryl methyl sites for hydroxylation is 1. The Bertz CT molecular complexity index is 588. The molecule has 0 aliphatic carbocycles.